The Morgan fingerprint density at radius 1 is 1.00 bits per heavy atom. The number of hydrogen-bond acceptors (Lipinski definition) is 11. The zero-order chi connectivity index (χ0) is 29.8. The monoisotopic (exact) mass is 577 g/mol. The number of ketones is 1. The molecular formula is C30H19N5O6S. The maximum Gasteiger partial charge on any atom is 0.338 e. The SMILES string of the molecule is N#Cc1c(N)nc(SC2CC(=O)N(c3ccc(C(=O)OCC(=O)c4ccccc4)cc3)C2=O)c(C#N)c1-c1ccco1. The summed E-state index contributed by atoms with van der Waals surface area (Å²) in [5.41, 5.74) is 6.89. The fourth-order valence-corrected chi connectivity index (χ4v) is 5.44. The van der Waals surface area contributed by atoms with Crippen LogP contribution in [0.3, 0.4) is 0 Å². The molecular weight excluding hydrogens is 558 g/mol. The summed E-state index contributed by atoms with van der Waals surface area (Å²) in [6.07, 6.45) is 1.20. The molecule has 12 heteroatoms. The first-order valence-electron chi connectivity index (χ1n) is 12.4. The molecule has 11 nitrogen and oxygen atoms in total. The minimum absolute atomic E-state index is 0.00647. The predicted molar refractivity (Wildman–Crippen MR) is 150 cm³/mol. The van der Waals surface area contributed by atoms with Crippen molar-refractivity contribution in [3.63, 3.8) is 0 Å². The predicted octanol–water partition coefficient (Wildman–Crippen LogP) is 4.13. The van der Waals surface area contributed by atoms with Crippen LogP contribution in [-0.4, -0.2) is 40.4 Å². The number of nitriles is 2. The molecule has 2 aromatic heterocycles. The number of esters is 1. The number of benzene rings is 2. The Labute approximate surface area is 243 Å². The van der Waals surface area contributed by atoms with Crippen molar-refractivity contribution in [2.75, 3.05) is 17.2 Å². The van der Waals surface area contributed by atoms with Gasteiger partial charge in [0.1, 0.15) is 34.3 Å². The van der Waals surface area contributed by atoms with Crippen LogP contribution in [-0.2, 0) is 14.3 Å². The Morgan fingerprint density at radius 2 is 1.71 bits per heavy atom. The summed E-state index contributed by atoms with van der Waals surface area (Å²) in [5, 5.41) is 18.7. The van der Waals surface area contributed by atoms with Gasteiger partial charge in [0.15, 0.2) is 12.4 Å². The van der Waals surface area contributed by atoms with Crippen molar-refractivity contribution in [1.82, 2.24) is 4.98 Å². The molecule has 3 heterocycles. The summed E-state index contributed by atoms with van der Waals surface area (Å²) in [4.78, 5) is 56.0. The van der Waals surface area contributed by atoms with Gasteiger partial charge < -0.3 is 14.9 Å². The molecule has 206 valence electrons. The van der Waals surface area contributed by atoms with Gasteiger partial charge in [-0.25, -0.2) is 14.7 Å². The topological polar surface area (TPSA) is 180 Å². The molecule has 0 spiro atoms. The van der Waals surface area contributed by atoms with E-state index in [2.05, 4.69) is 4.98 Å². The van der Waals surface area contributed by atoms with Crippen molar-refractivity contribution in [2.45, 2.75) is 16.7 Å². The Bertz CT molecular complexity index is 1790. The van der Waals surface area contributed by atoms with E-state index in [-0.39, 0.29) is 56.7 Å². The summed E-state index contributed by atoms with van der Waals surface area (Å²) in [5.74, 6) is -2.05. The first kappa shape index (κ1) is 27.8. The Balaban J connectivity index is 1.31. The second-order valence-corrected chi connectivity index (χ2v) is 10.1. The maximum absolute atomic E-state index is 13.3. The number of hydrogen-bond donors (Lipinski definition) is 1. The number of nitrogens with two attached hydrogens (primary N) is 1. The molecule has 42 heavy (non-hydrogen) atoms. The average molecular weight is 578 g/mol. The fourth-order valence-electron chi connectivity index (χ4n) is 4.32. The van der Waals surface area contributed by atoms with E-state index < -0.39 is 29.6 Å². The molecule has 0 radical (unpaired) electrons. The van der Waals surface area contributed by atoms with Gasteiger partial charge in [0.2, 0.25) is 11.8 Å². The number of carbonyl (C=O) groups excluding carboxylic acids is 4. The van der Waals surface area contributed by atoms with Crippen LogP contribution >= 0.6 is 11.8 Å². The zero-order valence-corrected chi connectivity index (χ0v) is 22.5. The number of furan rings is 1. The number of pyridine rings is 1. The van der Waals surface area contributed by atoms with E-state index >= 15 is 0 Å². The van der Waals surface area contributed by atoms with Gasteiger partial charge in [-0.3, -0.25) is 14.4 Å². The number of nitrogens with zero attached hydrogens (tertiary/aromatic N) is 4. The number of ether oxygens (including phenoxy) is 1. The van der Waals surface area contributed by atoms with Crippen molar-refractivity contribution < 1.29 is 28.3 Å². The number of imide groups is 1. The van der Waals surface area contributed by atoms with E-state index in [1.54, 1.807) is 42.5 Å². The Kier molecular flexibility index (Phi) is 7.82. The number of anilines is 2. The minimum Gasteiger partial charge on any atom is -0.464 e. The van der Waals surface area contributed by atoms with Crippen molar-refractivity contribution in [2.24, 2.45) is 0 Å². The van der Waals surface area contributed by atoms with Crippen LogP contribution < -0.4 is 10.6 Å². The maximum atomic E-state index is 13.3. The number of thioether (sulfide) groups is 1. The first-order valence-corrected chi connectivity index (χ1v) is 13.3. The largest absolute Gasteiger partial charge is 0.464 e. The molecule has 2 N–H and O–H groups in total. The van der Waals surface area contributed by atoms with Crippen LogP contribution in [0.25, 0.3) is 11.3 Å². The van der Waals surface area contributed by atoms with Gasteiger partial charge in [0.25, 0.3) is 0 Å². The van der Waals surface area contributed by atoms with Gasteiger partial charge >= 0.3 is 5.97 Å². The molecule has 1 unspecified atom stereocenters. The van der Waals surface area contributed by atoms with E-state index in [0.717, 1.165) is 16.7 Å². The van der Waals surface area contributed by atoms with Crippen molar-refractivity contribution in [1.29, 1.82) is 10.5 Å². The van der Waals surface area contributed by atoms with Gasteiger partial charge in [0, 0.05) is 12.0 Å². The normalized spacial score (nSPS) is 14.3. The van der Waals surface area contributed by atoms with Gasteiger partial charge in [-0.1, -0.05) is 42.1 Å². The average Bonchev–Trinajstić information content (AvgIpc) is 3.63. The number of aromatic nitrogens is 1. The molecule has 1 fully saturated rings. The standard InChI is InChI=1S/C30H19N5O6S/c31-14-20-26(23-7-4-12-40-23)21(15-32)28(34-27(20)33)42-24-13-25(37)35(29(24)38)19-10-8-18(9-11-19)30(39)41-16-22(36)17-5-2-1-3-6-17/h1-12,24H,13,16H2,(H2,33,34). The molecule has 1 atom stereocenters. The number of Topliss-reactive ketones (excluding diaryl/α,β-unsaturated/α-hetero) is 1. The molecule has 0 bridgehead atoms. The van der Waals surface area contributed by atoms with Crippen LogP contribution in [0.15, 0.2) is 82.4 Å². The third-order valence-corrected chi connectivity index (χ3v) is 7.51. The summed E-state index contributed by atoms with van der Waals surface area (Å²) in [6, 6.07) is 21.1. The van der Waals surface area contributed by atoms with Crippen molar-refractivity contribution in [3.05, 3.63) is 95.2 Å². The lowest BCUT2D eigenvalue weighted by molar-refractivity contribution is -0.121. The summed E-state index contributed by atoms with van der Waals surface area (Å²) in [6.45, 7) is -0.438. The second kappa shape index (κ2) is 11.8. The summed E-state index contributed by atoms with van der Waals surface area (Å²) >= 11 is 0.890. The lowest BCUT2D eigenvalue weighted by Crippen LogP contribution is -2.31. The van der Waals surface area contributed by atoms with Crippen molar-refractivity contribution in [3.8, 4) is 23.5 Å². The Morgan fingerprint density at radius 3 is 2.36 bits per heavy atom. The molecule has 1 aliphatic heterocycles. The summed E-state index contributed by atoms with van der Waals surface area (Å²) < 4.78 is 10.5. The van der Waals surface area contributed by atoms with E-state index in [1.165, 1.54) is 30.5 Å². The van der Waals surface area contributed by atoms with E-state index in [1.807, 2.05) is 12.1 Å². The highest BCUT2D eigenvalue weighted by molar-refractivity contribution is 8.00. The van der Waals surface area contributed by atoms with Gasteiger partial charge in [-0.2, -0.15) is 10.5 Å². The van der Waals surface area contributed by atoms with E-state index in [0.29, 0.717) is 5.56 Å². The van der Waals surface area contributed by atoms with Gasteiger partial charge in [-0.15, -0.1) is 0 Å². The first-order chi connectivity index (χ1) is 20.3. The number of amides is 2. The van der Waals surface area contributed by atoms with E-state index in [9.17, 15) is 29.7 Å². The number of nitrogen functional groups attached to an aromatic ring is 1. The molecule has 4 aromatic rings. The highest BCUT2D eigenvalue weighted by Gasteiger charge is 2.41. The highest BCUT2D eigenvalue weighted by atomic mass is 32.2. The quantitative estimate of drug-likeness (QED) is 0.181. The number of rotatable bonds is 8. The van der Waals surface area contributed by atoms with Crippen LogP contribution in [0.4, 0.5) is 11.5 Å². The minimum atomic E-state index is -0.928. The lowest BCUT2D eigenvalue weighted by atomic mass is 10.0. The molecule has 0 aliphatic carbocycles. The van der Waals surface area contributed by atoms with Crippen LogP contribution in [0.1, 0.15) is 38.3 Å². The lowest BCUT2D eigenvalue weighted by Gasteiger charge is -2.16. The third-order valence-electron chi connectivity index (χ3n) is 6.33. The molecule has 2 aromatic carbocycles. The molecule has 5 rings (SSSR count). The highest BCUT2D eigenvalue weighted by Crippen LogP contribution is 2.40. The molecule has 2 amide bonds. The smallest absolute Gasteiger partial charge is 0.338 e. The van der Waals surface area contributed by atoms with Crippen LogP contribution in [0.5, 0.6) is 0 Å². The fraction of sp³-hybridized carbons (Fsp3) is 0.100. The van der Waals surface area contributed by atoms with Crippen molar-refractivity contribution >= 4 is 46.8 Å². The van der Waals surface area contributed by atoms with Crippen LogP contribution in [0.2, 0.25) is 0 Å². The van der Waals surface area contributed by atoms with Gasteiger partial charge in [-0.05, 0) is 36.4 Å². The van der Waals surface area contributed by atoms with Gasteiger partial charge in [0.05, 0.1) is 33.9 Å². The molecule has 0 saturated carbocycles. The van der Waals surface area contributed by atoms with E-state index in [4.69, 9.17) is 14.9 Å². The Hall–Kier alpha value is -5.72. The second-order valence-electron chi connectivity index (χ2n) is 8.92. The summed E-state index contributed by atoms with van der Waals surface area (Å²) in [7, 11) is 0. The molecule has 1 saturated heterocycles. The van der Waals surface area contributed by atoms with Crippen LogP contribution in [0, 0.1) is 22.7 Å². The zero-order valence-electron chi connectivity index (χ0n) is 21.6. The molecule has 1 aliphatic rings. The third kappa shape index (κ3) is 5.35. The number of carbonyl (C=O) groups is 4.